The summed E-state index contributed by atoms with van der Waals surface area (Å²) in [6, 6.07) is 18.3. The van der Waals surface area contributed by atoms with Gasteiger partial charge in [-0.1, -0.05) is 0 Å². The fourth-order valence-electron chi connectivity index (χ4n) is 1.80. The molecule has 0 fully saturated rings. The molecule has 0 aliphatic carbocycles. The average Bonchev–Trinajstić information content (AvgIpc) is 2.53. The van der Waals surface area contributed by atoms with Gasteiger partial charge in [-0.2, -0.15) is 0 Å². The van der Waals surface area contributed by atoms with E-state index in [9.17, 15) is 9.18 Å². The Balaban J connectivity index is 2.22. The van der Waals surface area contributed by atoms with E-state index in [0.29, 0.717) is 5.56 Å². The van der Waals surface area contributed by atoms with Gasteiger partial charge in [0, 0.05) is 0 Å². The van der Waals surface area contributed by atoms with Gasteiger partial charge in [0.2, 0.25) is 0 Å². The van der Waals surface area contributed by atoms with E-state index in [1.807, 2.05) is 36.4 Å². The molecule has 104 valence electrons. The van der Waals surface area contributed by atoms with Crippen LogP contribution in [0.2, 0.25) is 4.82 Å². The summed E-state index contributed by atoms with van der Waals surface area (Å²) in [5.41, 5.74) is 0.515. The standard InChI is InChI=1S/C16H15FO2Se/c1-19-16(18)15(20-13-10-6-3-7-11-13)14(17)12-8-4-2-5-9-12/h2-11,14-15H,1H3. The molecule has 20 heavy (non-hydrogen) atoms. The van der Waals surface area contributed by atoms with Crippen LogP contribution in [0.25, 0.3) is 0 Å². The molecule has 0 aliphatic heterocycles. The van der Waals surface area contributed by atoms with Crippen LogP contribution >= 0.6 is 0 Å². The Hall–Kier alpha value is -1.64. The normalized spacial score (nSPS) is 13.5. The second-order valence-corrected chi connectivity index (χ2v) is 6.74. The van der Waals surface area contributed by atoms with Crippen molar-refractivity contribution in [3.8, 4) is 0 Å². The molecule has 0 heterocycles. The molecule has 0 saturated heterocycles. The van der Waals surface area contributed by atoms with E-state index in [1.54, 1.807) is 24.3 Å². The van der Waals surface area contributed by atoms with E-state index in [0.717, 1.165) is 4.46 Å². The third-order valence-corrected chi connectivity index (χ3v) is 5.40. The molecule has 0 aliphatic rings. The van der Waals surface area contributed by atoms with Crippen molar-refractivity contribution in [2.24, 2.45) is 0 Å². The molecule has 2 unspecified atom stereocenters. The van der Waals surface area contributed by atoms with Crippen molar-refractivity contribution in [2.75, 3.05) is 7.11 Å². The van der Waals surface area contributed by atoms with Crippen LogP contribution in [0.5, 0.6) is 0 Å². The van der Waals surface area contributed by atoms with Crippen molar-refractivity contribution in [3.63, 3.8) is 0 Å². The minimum absolute atomic E-state index is 0.316. The zero-order valence-electron chi connectivity index (χ0n) is 11.0. The van der Waals surface area contributed by atoms with Crippen LogP contribution < -0.4 is 4.46 Å². The number of ether oxygens (including phenoxy) is 1. The first-order valence-electron chi connectivity index (χ1n) is 6.21. The van der Waals surface area contributed by atoms with Gasteiger partial charge in [0.15, 0.2) is 0 Å². The number of methoxy groups -OCH3 is 1. The van der Waals surface area contributed by atoms with Gasteiger partial charge >= 0.3 is 124 Å². The third kappa shape index (κ3) is 3.69. The van der Waals surface area contributed by atoms with Crippen LogP contribution in [-0.2, 0) is 9.53 Å². The van der Waals surface area contributed by atoms with Gasteiger partial charge in [0.25, 0.3) is 0 Å². The third-order valence-electron chi connectivity index (χ3n) is 2.82. The Morgan fingerprint density at radius 2 is 1.60 bits per heavy atom. The summed E-state index contributed by atoms with van der Waals surface area (Å²) in [6.07, 6.45) is -1.34. The van der Waals surface area contributed by atoms with Crippen molar-refractivity contribution >= 4 is 25.4 Å². The Morgan fingerprint density at radius 3 is 2.15 bits per heavy atom. The topological polar surface area (TPSA) is 26.3 Å². The average molecular weight is 337 g/mol. The monoisotopic (exact) mass is 338 g/mol. The molecule has 2 aromatic rings. The van der Waals surface area contributed by atoms with Gasteiger partial charge in [-0.05, 0) is 0 Å². The number of rotatable bonds is 5. The summed E-state index contributed by atoms with van der Waals surface area (Å²) in [4.78, 5) is 11.1. The molecule has 0 aromatic heterocycles. The Morgan fingerprint density at radius 1 is 1.05 bits per heavy atom. The first-order chi connectivity index (χ1) is 9.72. The zero-order valence-corrected chi connectivity index (χ0v) is 12.7. The van der Waals surface area contributed by atoms with E-state index in [4.69, 9.17) is 4.74 Å². The Bertz CT molecular complexity index is 545. The predicted octanol–water partition coefficient (Wildman–Crippen LogP) is 2.69. The van der Waals surface area contributed by atoms with Crippen LogP contribution in [-0.4, -0.2) is 28.0 Å². The number of hydrogen-bond acceptors (Lipinski definition) is 2. The van der Waals surface area contributed by atoms with Gasteiger partial charge in [-0.25, -0.2) is 0 Å². The summed E-state index contributed by atoms with van der Waals surface area (Å²) < 4.78 is 20.4. The number of hydrogen-bond donors (Lipinski definition) is 0. The molecule has 0 radical (unpaired) electrons. The fourth-order valence-corrected chi connectivity index (χ4v) is 4.06. The molecule has 0 bridgehead atoms. The summed E-state index contributed by atoms with van der Waals surface area (Å²) >= 11 is -0.316. The number of halogens is 1. The molecule has 0 spiro atoms. The minimum atomic E-state index is -1.34. The summed E-state index contributed by atoms with van der Waals surface area (Å²) in [5.74, 6) is -0.495. The van der Waals surface area contributed by atoms with E-state index >= 15 is 0 Å². The van der Waals surface area contributed by atoms with E-state index in [2.05, 4.69) is 0 Å². The Labute approximate surface area is 124 Å². The van der Waals surface area contributed by atoms with Crippen LogP contribution in [0.3, 0.4) is 0 Å². The van der Waals surface area contributed by atoms with Crippen LogP contribution in [0.4, 0.5) is 4.39 Å². The van der Waals surface area contributed by atoms with Crippen molar-refractivity contribution in [3.05, 3.63) is 66.2 Å². The van der Waals surface area contributed by atoms with Crippen LogP contribution in [0.15, 0.2) is 60.7 Å². The van der Waals surface area contributed by atoms with Crippen molar-refractivity contribution < 1.29 is 13.9 Å². The van der Waals surface area contributed by atoms with E-state index in [-0.39, 0.29) is 15.0 Å². The maximum atomic E-state index is 14.6. The molecule has 2 atom stereocenters. The molecule has 0 amide bonds. The van der Waals surface area contributed by atoms with E-state index < -0.39 is 17.0 Å². The van der Waals surface area contributed by atoms with Gasteiger partial charge in [0.05, 0.1) is 0 Å². The van der Waals surface area contributed by atoms with Crippen molar-refractivity contribution in [2.45, 2.75) is 11.0 Å². The zero-order chi connectivity index (χ0) is 14.4. The van der Waals surface area contributed by atoms with Crippen molar-refractivity contribution in [1.82, 2.24) is 0 Å². The molecular formula is C16H15FO2Se. The van der Waals surface area contributed by atoms with Gasteiger partial charge in [0.1, 0.15) is 0 Å². The van der Waals surface area contributed by atoms with Crippen LogP contribution in [0, 0.1) is 0 Å². The van der Waals surface area contributed by atoms with Crippen molar-refractivity contribution in [1.29, 1.82) is 0 Å². The molecule has 2 aromatic carbocycles. The first kappa shape index (κ1) is 14.8. The summed E-state index contributed by atoms with van der Waals surface area (Å²) in [7, 11) is 1.30. The van der Waals surface area contributed by atoms with Gasteiger partial charge in [-0.15, -0.1) is 0 Å². The quantitative estimate of drug-likeness (QED) is 0.619. The molecular weight excluding hydrogens is 322 g/mol. The number of alkyl halides is 1. The van der Waals surface area contributed by atoms with Gasteiger partial charge in [-0.3, -0.25) is 0 Å². The summed E-state index contributed by atoms with van der Waals surface area (Å²) in [6.45, 7) is 0. The van der Waals surface area contributed by atoms with Gasteiger partial charge < -0.3 is 0 Å². The number of carbonyl (C=O) groups is 1. The molecule has 2 rings (SSSR count). The SMILES string of the molecule is COC(=O)C([Se]c1ccccc1)C(F)c1ccccc1. The molecule has 0 saturated carbocycles. The maximum absolute atomic E-state index is 14.6. The molecule has 4 heteroatoms. The molecule has 0 N–H and O–H groups in total. The predicted molar refractivity (Wildman–Crippen MR) is 77.9 cm³/mol. The number of esters is 1. The summed E-state index contributed by atoms with van der Waals surface area (Å²) in [5, 5.41) is 0. The van der Waals surface area contributed by atoms with Crippen LogP contribution in [0.1, 0.15) is 11.7 Å². The fraction of sp³-hybridized carbons (Fsp3) is 0.188. The number of carbonyl (C=O) groups excluding carboxylic acids is 1. The second kappa shape index (κ2) is 7.22. The second-order valence-electron chi connectivity index (χ2n) is 4.19. The first-order valence-corrected chi connectivity index (χ1v) is 8.05. The Kier molecular flexibility index (Phi) is 5.33. The molecule has 2 nitrogen and oxygen atoms in total. The van der Waals surface area contributed by atoms with E-state index in [1.165, 1.54) is 7.11 Å². The number of benzene rings is 2.